The van der Waals surface area contributed by atoms with Crippen molar-refractivity contribution in [1.82, 2.24) is 57.4 Å². The molecule has 23 N–H and O–H groups in total. The zero-order valence-electron chi connectivity index (χ0n) is 41.7. The van der Waals surface area contributed by atoms with Gasteiger partial charge in [0.25, 0.3) is 0 Å². The van der Waals surface area contributed by atoms with Crippen LogP contribution in [0.2, 0.25) is 0 Å². The number of nitrogens with two attached hydrogens (primary N) is 6. The van der Waals surface area contributed by atoms with Crippen molar-refractivity contribution in [3.8, 4) is 0 Å². The van der Waals surface area contributed by atoms with Crippen molar-refractivity contribution in [2.24, 2.45) is 39.4 Å². The average molecular weight is 1040 g/mol. The first-order chi connectivity index (χ1) is 34.8. The molecule has 0 spiro atoms. The van der Waals surface area contributed by atoms with Crippen LogP contribution in [0.5, 0.6) is 0 Å². The number of aliphatic carboxylic acids is 1. The summed E-state index contributed by atoms with van der Waals surface area (Å²) in [4.78, 5) is 132. The summed E-state index contributed by atoms with van der Waals surface area (Å²) >= 11 is 0. The highest BCUT2D eigenvalue weighted by atomic mass is 16.4. The van der Waals surface area contributed by atoms with E-state index < -0.39 is 114 Å². The molecule has 2 heterocycles. The van der Waals surface area contributed by atoms with Gasteiger partial charge in [-0.25, -0.2) is 9.78 Å². The maximum atomic E-state index is 14.2. The molecular weight excluding hydrogens is 957 g/mol. The quantitative estimate of drug-likeness (QED) is 0.0130. The molecule has 0 aromatic carbocycles. The van der Waals surface area contributed by atoms with Gasteiger partial charge in [-0.3, -0.25) is 43.3 Å². The van der Waals surface area contributed by atoms with E-state index in [2.05, 4.69) is 57.5 Å². The summed E-state index contributed by atoms with van der Waals surface area (Å²) in [6.45, 7) is 1.56. The van der Waals surface area contributed by atoms with Gasteiger partial charge in [0.05, 0.1) is 25.0 Å². The van der Waals surface area contributed by atoms with Crippen LogP contribution in [0, 0.1) is 0 Å². The van der Waals surface area contributed by atoms with Gasteiger partial charge < -0.3 is 97.0 Å². The molecule has 1 aliphatic rings. The van der Waals surface area contributed by atoms with Crippen molar-refractivity contribution in [2.45, 2.75) is 132 Å². The molecule has 0 saturated carbocycles. The summed E-state index contributed by atoms with van der Waals surface area (Å²) in [6, 6.07) is -8.68. The predicted octanol–water partition coefficient (Wildman–Crippen LogP) is -6.84. The Morgan fingerprint density at radius 2 is 1.51 bits per heavy atom. The van der Waals surface area contributed by atoms with Crippen LogP contribution in [-0.2, 0) is 49.6 Å². The molecular formula is C44H78N18O11. The van der Waals surface area contributed by atoms with E-state index in [9.17, 15) is 53.4 Å². The van der Waals surface area contributed by atoms with E-state index >= 15 is 0 Å². The summed E-state index contributed by atoms with van der Waals surface area (Å²) in [5.41, 5.74) is 33.5. The molecule has 8 atom stereocenters. The number of aliphatic imine (C=N–C) groups is 1. The zero-order chi connectivity index (χ0) is 54.5. The van der Waals surface area contributed by atoms with Crippen LogP contribution >= 0.6 is 0 Å². The minimum absolute atomic E-state index is 0.0438. The lowest BCUT2D eigenvalue weighted by Gasteiger charge is -2.30. The largest absolute Gasteiger partial charge is 0.477 e. The summed E-state index contributed by atoms with van der Waals surface area (Å²) in [5, 5.41) is 40.6. The van der Waals surface area contributed by atoms with Crippen molar-refractivity contribution in [1.29, 1.82) is 0 Å². The maximum absolute atomic E-state index is 14.2. The van der Waals surface area contributed by atoms with Crippen LogP contribution in [0.4, 0.5) is 0 Å². The van der Waals surface area contributed by atoms with Crippen LogP contribution in [0.15, 0.2) is 29.3 Å². The van der Waals surface area contributed by atoms with Gasteiger partial charge in [0, 0.05) is 37.9 Å². The first kappa shape index (κ1) is 62.3. The number of imidazole rings is 1. The minimum atomic E-state index is -1.50. The number of hydrogen-bond donors (Lipinski definition) is 17. The predicted molar refractivity (Wildman–Crippen MR) is 267 cm³/mol. The number of aromatic amines is 1. The Labute approximate surface area is 423 Å². The lowest BCUT2D eigenvalue weighted by atomic mass is 10.1. The first-order valence-electron chi connectivity index (χ1n) is 24.3. The number of nitrogens with zero attached hydrogens (tertiary/aromatic N) is 3. The first-order valence-corrected chi connectivity index (χ1v) is 24.3. The van der Waals surface area contributed by atoms with E-state index in [0.29, 0.717) is 44.3 Å². The Bertz CT molecular complexity index is 2020. The summed E-state index contributed by atoms with van der Waals surface area (Å²) in [6.07, 6.45) is 5.80. The van der Waals surface area contributed by atoms with Crippen LogP contribution in [0.25, 0.3) is 0 Å². The summed E-state index contributed by atoms with van der Waals surface area (Å²) < 4.78 is 0. The third kappa shape index (κ3) is 22.7. The highest BCUT2D eigenvalue weighted by Crippen LogP contribution is 2.20. The Morgan fingerprint density at radius 1 is 0.836 bits per heavy atom. The molecule has 1 aromatic heterocycles. The number of carbonyl (C=O) groups excluding carboxylic acids is 8. The second kappa shape index (κ2) is 33.8. The Balaban J connectivity index is 2.20. The summed E-state index contributed by atoms with van der Waals surface area (Å²) in [5.74, 6) is -7.87. The Hall–Kier alpha value is -6.79. The summed E-state index contributed by atoms with van der Waals surface area (Å²) in [7, 11) is 1.52. The highest BCUT2D eigenvalue weighted by Gasteiger charge is 2.40. The standard InChI is InChI=1S/C44H78N18O11/c1-25(56-41(70)35(33(63)22-51-2)61-37(66)27(48)10-3-5-15-45)36(65)54-23-34(64)57-29(12-7-17-47)42(71)62-19-9-14-32(62)40(69)60-31(20-26-21-52-24-55-26)39(68)58-28(11-4-6-16-46)38(67)59-30(43(72)73)13-8-18-53-44(49)50/h13,21,24-25,27-29,31-33,35,51,63H,3-12,14-20,22-23,45-48H2,1-2H3,(H,52,55)(H,54,65)(H,56,70)(H,57,64)(H,58,68)(H,59,67)(H,60,69)(H,61,66)(H,72,73)(H4,49,50,53)/b30-13-/t25-,27-,28-,29+,31-,32-,33-,35-/m0/s1. The van der Waals surface area contributed by atoms with Crippen LogP contribution in [-0.4, -0.2) is 186 Å². The molecule has 0 radical (unpaired) electrons. The number of unbranched alkanes of at least 4 members (excludes halogenated alkanes) is 2. The van der Waals surface area contributed by atoms with E-state index in [1.54, 1.807) is 0 Å². The molecule has 0 bridgehead atoms. The molecule has 0 aliphatic carbocycles. The monoisotopic (exact) mass is 1030 g/mol. The maximum Gasteiger partial charge on any atom is 0.352 e. The fraction of sp³-hybridized carbons (Fsp3) is 0.659. The molecule has 1 aromatic rings. The van der Waals surface area contributed by atoms with E-state index in [1.807, 2.05) is 0 Å². The molecule has 8 amide bonds. The van der Waals surface area contributed by atoms with Gasteiger partial charge in [0.15, 0.2) is 5.96 Å². The molecule has 29 heteroatoms. The number of likely N-dealkylation sites (tertiary alicyclic amines) is 1. The normalized spacial score (nSPS) is 16.3. The van der Waals surface area contributed by atoms with Crippen molar-refractivity contribution in [3.05, 3.63) is 30.0 Å². The van der Waals surface area contributed by atoms with E-state index in [4.69, 9.17) is 34.4 Å². The number of guanidine groups is 1. The van der Waals surface area contributed by atoms with Crippen molar-refractivity contribution in [3.63, 3.8) is 0 Å². The fourth-order valence-corrected chi connectivity index (χ4v) is 7.52. The van der Waals surface area contributed by atoms with Gasteiger partial charge in [-0.1, -0.05) is 12.5 Å². The van der Waals surface area contributed by atoms with Gasteiger partial charge in [0.2, 0.25) is 47.3 Å². The minimum Gasteiger partial charge on any atom is -0.477 e. The second-order valence-corrected chi connectivity index (χ2v) is 17.4. The van der Waals surface area contributed by atoms with Crippen LogP contribution < -0.4 is 76.9 Å². The number of carbonyl (C=O) groups is 9. The third-order valence-corrected chi connectivity index (χ3v) is 11.5. The number of carboxylic acid groups (broad SMARTS) is 1. The van der Waals surface area contributed by atoms with Gasteiger partial charge in [-0.2, -0.15) is 0 Å². The Kier molecular flexibility index (Phi) is 28.8. The van der Waals surface area contributed by atoms with Gasteiger partial charge in [-0.05, 0) is 97.8 Å². The molecule has 2 rings (SSSR count). The number of hydrogen-bond acceptors (Lipinski definition) is 17. The second-order valence-electron chi connectivity index (χ2n) is 17.4. The number of rotatable bonds is 35. The van der Waals surface area contributed by atoms with Crippen molar-refractivity contribution >= 4 is 59.2 Å². The molecule has 1 fully saturated rings. The number of likely N-dealkylation sites (N-methyl/N-ethyl adjacent to an activating group) is 1. The van der Waals surface area contributed by atoms with E-state index in [0.717, 1.165) is 0 Å². The van der Waals surface area contributed by atoms with Gasteiger partial charge in [0.1, 0.15) is 41.9 Å². The molecule has 73 heavy (non-hydrogen) atoms. The topological polar surface area (TPSA) is 491 Å². The number of amides is 8. The number of aromatic nitrogens is 2. The molecule has 1 saturated heterocycles. The lowest BCUT2D eigenvalue weighted by Crippen LogP contribution is -2.60. The van der Waals surface area contributed by atoms with Crippen LogP contribution in [0.1, 0.15) is 83.2 Å². The van der Waals surface area contributed by atoms with Crippen molar-refractivity contribution < 1.29 is 53.4 Å². The number of aliphatic hydroxyl groups excluding tert-OH is 1. The van der Waals surface area contributed by atoms with Gasteiger partial charge >= 0.3 is 5.97 Å². The number of aliphatic hydroxyl groups is 1. The molecule has 1 aliphatic heterocycles. The fourth-order valence-electron chi connectivity index (χ4n) is 7.52. The van der Waals surface area contributed by atoms with Crippen LogP contribution in [0.3, 0.4) is 0 Å². The van der Waals surface area contributed by atoms with E-state index in [-0.39, 0.29) is 83.6 Å². The molecule has 29 nitrogen and oxygen atoms in total. The zero-order valence-corrected chi connectivity index (χ0v) is 41.7. The SMILES string of the molecule is CNC[C@H](O)[C@H](NC(=O)[C@@H](N)CCCCN)C(=O)N[C@@H](C)C(=O)NCC(=O)N[C@H](CCCN)C(=O)N1CCC[C@H]1C(=O)N[C@@H](Cc1cnc[nH]1)C(=O)N[C@@H](CCCCN)C(=O)N/C(=C\CCN=C(N)N)C(=O)O. The number of nitrogens with one attached hydrogen (secondary N) is 9. The number of H-pyrrole nitrogens is 1. The molecule has 0 unspecified atom stereocenters. The van der Waals surface area contributed by atoms with Gasteiger partial charge in [-0.15, -0.1) is 0 Å². The smallest absolute Gasteiger partial charge is 0.352 e. The Morgan fingerprint density at radius 3 is 2.12 bits per heavy atom. The average Bonchev–Trinajstić information content (AvgIpc) is 4.07. The van der Waals surface area contributed by atoms with Crippen molar-refractivity contribution in [2.75, 3.05) is 52.9 Å². The highest BCUT2D eigenvalue weighted by molar-refractivity contribution is 5.99. The number of carboxylic acids is 1. The van der Waals surface area contributed by atoms with E-state index in [1.165, 1.54) is 37.5 Å². The lowest BCUT2D eigenvalue weighted by molar-refractivity contribution is -0.142. The molecule has 410 valence electrons. The third-order valence-electron chi connectivity index (χ3n) is 11.5.